The van der Waals surface area contributed by atoms with Gasteiger partial charge in [-0.3, -0.25) is 0 Å². The standard InChI is InChI=1S/2C23H38O2.3C22H36O2/c1-7-16(4)8-9-17(5)23(25-21(24)15(2)3)19-10-18-11-20(23)14-22(6,12-18)13-19;1-5-6-7-8-9-10-11-23(25-21(24)17(2)3)19-12-18-13-20(23)16-22(4,14-18)15-19;1-6-15(3)8-9-16(4)22(24-20(23)7-2)18-10-17-11-19(22)14-21(5,12-17)13-18;1-5-7-8-9-10-16(3)22(24-20(23)6-2)18-11-17-12-19(22)15-21(4,13-17)14-18;1-4-6-7-8-9-10-11-22(24-20(23)5-2)18-12-17-13-19(22)16-21(3,14-17)15-18/h16-20H,2,7-14H2,1,3-6H3;18-20H,2,5-16H2,1,3-4H3;7,15-19H,2,6,8-14H2,1,3-5H3;6,16-19H,2,5,7-15H2,1,3-4H3;5,17-19H,2,4,6-16H2,1,3H3. The van der Waals surface area contributed by atoms with Crippen LogP contribution in [0.1, 0.15) is 439 Å². The molecular weight excluding hydrogens is 1510 g/mol. The molecule has 20 bridgehead atoms. The van der Waals surface area contributed by atoms with Gasteiger partial charge in [-0.2, -0.15) is 0 Å². The van der Waals surface area contributed by atoms with E-state index in [4.69, 9.17) is 23.7 Å². The molecule has 20 rings (SSSR count). The van der Waals surface area contributed by atoms with Gasteiger partial charge in [0, 0.05) is 64.9 Å². The lowest BCUT2D eigenvalue weighted by molar-refractivity contribution is -0.238. The van der Waals surface area contributed by atoms with Gasteiger partial charge in [0.15, 0.2) is 0 Å². The SMILES string of the molecule is C=C(C)C(=O)OC1(C(C)CCC(C)CC)C2CC3CC1CC(C)(C3)C2.C=C(C)C(=O)OC1(CCCCCCCC)C2CC3CC1CC(C)(C3)C2.C=CC(=O)OC1(C(C)CCC(C)CC)C2CC3CC1CC(C)(C3)C2.C=CC(=O)OC1(C(C)CCCCCC)C2CC3CC1CC(C)(C3)C2.C=CC(=O)OC1(CCCCCCCC)C2CC3CC1CC(C)(C3)C2. The summed E-state index contributed by atoms with van der Waals surface area (Å²) in [6.45, 7) is 57.7. The Kier molecular flexibility index (Phi) is 33.5. The molecule has 20 aliphatic rings. The van der Waals surface area contributed by atoms with Crippen LogP contribution in [0.25, 0.3) is 0 Å². The topological polar surface area (TPSA) is 132 Å². The zero-order chi connectivity index (χ0) is 88.6. The van der Waals surface area contributed by atoms with Crippen molar-refractivity contribution in [2.75, 3.05) is 0 Å². The first kappa shape index (κ1) is 98.6. The molecule has 0 aromatic rings. The molecule has 20 saturated carbocycles. The Morgan fingerprint density at radius 1 is 0.303 bits per heavy atom. The van der Waals surface area contributed by atoms with Crippen molar-refractivity contribution >= 4 is 29.8 Å². The maximum absolute atomic E-state index is 12.6. The summed E-state index contributed by atoms with van der Waals surface area (Å²) in [5.74, 6) is 12.1. The molecule has 122 heavy (non-hydrogen) atoms. The molecule has 15 unspecified atom stereocenters. The van der Waals surface area contributed by atoms with E-state index < -0.39 is 0 Å². The van der Waals surface area contributed by atoms with E-state index in [0.29, 0.717) is 115 Å². The number of rotatable bonds is 40. The second-order valence-corrected chi connectivity index (χ2v) is 48.2. The Labute approximate surface area is 747 Å². The maximum atomic E-state index is 12.6. The van der Waals surface area contributed by atoms with Crippen molar-refractivity contribution in [2.24, 2.45) is 145 Å². The molecule has 0 spiro atoms. The number of esters is 5. The monoisotopic (exact) mass is 1690 g/mol. The van der Waals surface area contributed by atoms with Crippen molar-refractivity contribution in [1.82, 2.24) is 0 Å². The van der Waals surface area contributed by atoms with Crippen molar-refractivity contribution in [2.45, 2.75) is 467 Å². The predicted octanol–water partition coefficient (Wildman–Crippen LogP) is 30.3. The summed E-state index contributed by atoms with van der Waals surface area (Å²) in [5, 5.41) is 0. The highest BCUT2D eigenvalue weighted by Gasteiger charge is 2.69. The minimum Gasteiger partial charge on any atom is -0.455 e. The van der Waals surface area contributed by atoms with E-state index in [1.807, 2.05) is 0 Å². The minimum atomic E-state index is -0.236. The quantitative estimate of drug-likeness (QED) is 0.0253. The van der Waals surface area contributed by atoms with Gasteiger partial charge in [0.05, 0.1) is 0 Å². The number of carbonyl (C=O) groups excluding carboxylic acids is 5. The Morgan fingerprint density at radius 3 is 0.820 bits per heavy atom. The Bertz CT molecular complexity index is 3450. The van der Waals surface area contributed by atoms with Gasteiger partial charge in [0.1, 0.15) is 28.0 Å². The molecule has 0 heterocycles. The van der Waals surface area contributed by atoms with E-state index in [0.717, 1.165) is 54.3 Å². The van der Waals surface area contributed by atoms with E-state index in [9.17, 15) is 24.0 Å². The van der Waals surface area contributed by atoms with Gasteiger partial charge in [-0.1, -0.05) is 252 Å². The number of hydrogen-bond donors (Lipinski definition) is 0. The normalized spacial score (nSPS) is 40.7. The fourth-order valence-electron chi connectivity index (χ4n) is 33.1. The van der Waals surface area contributed by atoms with E-state index in [1.165, 1.54) is 326 Å². The van der Waals surface area contributed by atoms with Crippen LogP contribution in [-0.2, 0) is 47.7 Å². The van der Waals surface area contributed by atoms with E-state index >= 15 is 0 Å². The van der Waals surface area contributed by atoms with Crippen LogP contribution in [0.2, 0.25) is 0 Å². The lowest BCUT2D eigenvalue weighted by atomic mass is 9.43. The Balaban J connectivity index is 0.000000149. The van der Waals surface area contributed by atoms with Crippen LogP contribution in [0.3, 0.4) is 0 Å². The highest BCUT2D eigenvalue weighted by molar-refractivity contribution is 5.88. The van der Waals surface area contributed by atoms with E-state index in [2.05, 4.69) is 137 Å². The second kappa shape index (κ2) is 41.4. The van der Waals surface area contributed by atoms with Crippen LogP contribution in [0.4, 0.5) is 0 Å². The van der Waals surface area contributed by atoms with E-state index in [-0.39, 0.29) is 57.9 Å². The van der Waals surface area contributed by atoms with Crippen molar-refractivity contribution in [1.29, 1.82) is 0 Å². The summed E-state index contributed by atoms with van der Waals surface area (Å²) in [4.78, 5) is 61.7. The molecular formula is C112H184O10. The first-order valence-electron chi connectivity index (χ1n) is 52.2. The molecule has 15 atom stereocenters. The second-order valence-electron chi connectivity index (χ2n) is 48.2. The van der Waals surface area contributed by atoms with Gasteiger partial charge in [-0.05, 0) is 329 Å². The van der Waals surface area contributed by atoms with Crippen LogP contribution < -0.4 is 0 Å². The Hall–Kier alpha value is -3.95. The van der Waals surface area contributed by atoms with Crippen molar-refractivity contribution in [3.63, 3.8) is 0 Å². The number of hydrogen-bond acceptors (Lipinski definition) is 10. The van der Waals surface area contributed by atoms with Gasteiger partial charge in [0.2, 0.25) is 0 Å². The fourth-order valence-corrected chi connectivity index (χ4v) is 33.1. The third-order valence-corrected chi connectivity index (χ3v) is 37.9. The van der Waals surface area contributed by atoms with Crippen molar-refractivity contribution in [3.05, 3.63) is 62.3 Å². The average molecular weight is 1690 g/mol. The van der Waals surface area contributed by atoms with Crippen molar-refractivity contribution in [3.8, 4) is 0 Å². The first-order chi connectivity index (χ1) is 57.8. The molecule has 0 aromatic heterocycles. The molecule has 0 amide bonds. The highest BCUT2D eigenvalue weighted by atomic mass is 16.6. The summed E-state index contributed by atoms with van der Waals surface area (Å²) >= 11 is 0. The van der Waals surface area contributed by atoms with Gasteiger partial charge < -0.3 is 23.7 Å². The van der Waals surface area contributed by atoms with E-state index in [1.54, 1.807) is 13.8 Å². The summed E-state index contributed by atoms with van der Waals surface area (Å²) in [6.07, 6.45) is 67.9. The van der Waals surface area contributed by atoms with Gasteiger partial charge in [-0.25, -0.2) is 24.0 Å². The molecule has 0 saturated heterocycles. The van der Waals surface area contributed by atoms with Gasteiger partial charge in [0.25, 0.3) is 0 Å². The molecule has 20 aliphatic carbocycles. The maximum Gasteiger partial charge on any atom is 0.333 e. The largest absolute Gasteiger partial charge is 0.455 e. The van der Waals surface area contributed by atoms with Crippen LogP contribution in [0, 0.1) is 145 Å². The smallest absolute Gasteiger partial charge is 0.333 e. The lowest BCUT2D eigenvalue weighted by Gasteiger charge is -2.65. The third-order valence-electron chi connectivity index (χ3n) is 37.9. The highest BCUT2D eigenvalue weighted by Crippen LogP contribution is 2.72. The zero-order valence-electron chi connectivity index (χ0n) is 81.8. The molecule has 692 valence electrons. The number of ether oxygens (including phenoxy) is 5. The van der Waals surface area contributed by atoms with Crippen LogP contribution in [-0.4, -0.2) is 57.9 Å². The molecule has 0 N–H and O–H groups in total. The van der Waals surface area contributed by atoms with Gasteiger partial charge in [-0.15, -0.1) is 0 Å². The molecule has 0 aliphatic heterocycles. The zero-order valence-corrected chi connectivity index (χ0v) is 81.8. The van der Waals surface area contributed by atoms with Crippen LogP contribution in [0.15, 0.2) is 62.3 Å². The first-order valence-corrected chi connectivity index (χ1v) is 52.2. The summed E-state index contributed by atoms with van der Waals surface area (Å²) in [6, 6.07) is 0. The molecule has 0 aromatic carbocycles. The molecule has 20 fully saturated rings. The van der Waals surface area contributed by atoms with Crippen LogP contribution in [0.5, 0.6) is 0 Å². The third kappa shape index (κ3) is 21.7. The Morgan fingerprint density at radius 2 is 0.541 bits per heavy atom. The molecule has 0 radical (unpaired) electrons. The predicted molar refractivity (Wildman–Crippen MR) is 502 cm³/mol. The summed E-state index contributed by atoms with van der Waals surface area (Å²) in [7, 11) is 0. The van der Waals surface area contributed by atoms with Gasteiger partial charge >= 0.3 is 29.8 Å². The summed E-state index contributed by atoms with van der Waals surface area (Å²) < 4.78 is 31.5. The molecule has 10 nitrogen and oxygen atoms in total. The minimum absolute atomic E-state index is 0.149. The number of unbranched alkanes of at least 4 members (excludes halogenated alkanes) is 13. The number of carbonyl (C=O) groups is 5. The average Bonchev–Trinajstić information content (AvgIpc) is 0.715. The molecule has 10 heteroatoms. The lowest BCUT2D eigenvalue weighted by Crippen LogP contribution is -2.64. The summed E-state index contributed by atoms with van der Waals surface area (Å²) in [5.41, 5.74) is 2.59. The van der Waals surface area contributed by atoms with Crippen LogP contribution >= 0.6 is 0 Å². The van der Waals surface area contributed by atoms with Crippen molar-refractivity contribution < 1.29 is 47.7 Å². The fraction of sp³-hybridized carbons (Fsp3) is 0.866.